The van der Waals surface area contributed by atoms with Crippen LogP contribution in [-0.2, 0) is 16.1 Å². The fraction of sp³-hybridized carbons (Fsp3) is 0.750. The number of aryl methyl sites for hydroxylation is 1. The maximum Gasteiger partial charge on any atom is 0.224 e. The molecule has 6 heteroatoms. The van der Waals surface area contributed by atoms with Crippen LogP contribution in [0, 0.1) is 12.8 Å². The van der Waals surface area contributed by atoms with Crippen molar-refractivity contribution < 1.29 is 9.53 Å². The van der Waals surface area contributed by atoms with Crippen molar-refractivity contribution in [1.82, 2.24) is 15.2 Å². The normalized spacial score (nSPS) is 24.3. The molecule has 2 aliphatic heterocycles. The number of aromatic nitrogens is 1. The monoisotopic (exact) mass is 323 g/mol. The molecule has 1 aromatic rings. The molecule has 1 unspecified atom stereocenters. The van der Waals surface area contributed by atoms with E-state index in [1.807, 2.05) is 6.92 Å². The molecular weight excluding hydrogens is 298 g/mol. The molecule has 2 fully saturated rings. The lowest BCUT2D eigenvalue weighted by Gasteiger charge is -2.33. The fourth-order valence-electron chi connectivity index (χ4n) is 3.28. The van der Waals surface area contributed by atoms with Crippen molar-refractivity contribution in [3.8, 4) is 0 Å². The zero-order valence-corrected chi connectivity index (χ0v) is 14.0. The molecule has 0 aromatic carbocycles. The molecule has 22 heavy (non-hydrogen) atoms. The first kappa shape index (κ1) is 15.9. The number of nitrogens with one attached hydrogen (secondary N) is 1. The Hall–Kier alpha value is -0.980. The Labute approximate surface area is 136 Å². The highest BCUT2D eigenvalue weighted by atomic mass is 32.1. The molecule has 3 rings (SSSR count). The zero-order chi connectivity index (χ0) is 15.4. The van der Waals surface area contributed by atoms with Crippen LogP contribution in [0.5, 0.6) is 0 Å². The van der Waals surface area contributed by atoms with Gasteiger partial charge in [0.2, 0.25) is 5.91 Å². The largest absolute Gasteiger partial charge is 0.381 e. The summed E-state index contributed by atoms with van der Waals surface area (Å²) in [4.78, 5) is 19.4. The molecule has 2 aliphatic rings. The van der Waals surface area contributed by atoms with Crippen LogP contribution in [0.2, 0.25) is 0 Å². The minimum Gasteiger partial charge on any atom is -0.381 e. The van der Waals surface area contributed by atoms with Gasteiger partial charge >= 0.3 is 0 Å². The summed E-state index contributed by atoms with van der Waals surface area (Å²) < 4.78 is 5.35. The van der Waals surface area contributed by atoms with Crippen LogP contribution in [0.25, 0.3) is 0 Å². The fourth-order valence-corrected chi connectivity index (χ4v) is 3.89. The maximum absolute atomic E-state index is 12.5. The summed E-state index contributed by atoms with van der Waals surface area (Å²) in [6.07, 6.45) is 3.98. The van der Waals surface area contributed by atoms with Gasteiger partial charge in [-0.05, 0) is 39.2 Å². The first-order chi connectivity index (χ1) is 10.7. The topological polar surface area (TPSA) is 54.5 Å². The van der Waals surface area contributed by atoms with Gasteiger partial charge in [-0.25, -0.2) is 4.98 Å². The SMILES string of the molecule is Cc1nc(CN2CCCC(C(=O)NC3CCOCC3)C2)cs1. The Morgan fingerprint density at radius 3 is 3.00 bits per heavy atom. The molecule has 1 N–H and O–H groups in total. The number of carbonyl (C=O) groups excluding carboxylic acids is 1. The summed E-state index contributed by atoms with van der Waals surface area (Å²) in [5, 5.41) is 6.46. The van der Waals surface area contributed by atoms with Crippen LogP contribution in [0.1, 0.15) is 36.4 Å². The van der Waals surface area contributed by atoms with Gasteiger partial charge in [-0.2, -0.15) is 0 Å². The highest BCUT2D eigenvalue weighted by molar-refractivity contribution is 7.09. The number of rotatable bonds is 4. The summed E-state index contributed by atoms with van der Waals surface area (Å²) in [5.74, 6) is 0.349. The van der Waals surface area contributed by atoms with E-state index in [-0.39, 0.29) is 11.8 Å². The molecule has 2 saturated heterocycles. The summed E-state index contributed by atoms with van der Waals surface area (Å²) in [5.41, 5.74) is 1.13. The number of piperidine rings is 1. The Bertz CT molecular complexity index is 499. The van der Waals surface area contributed by atoms with E-state index in [1.54, 1.807) is 11.3 Å². The van der Waals surface area contributed by atoms with Crippen LogP contribution in [0.3, 0.4) is 0 Å². The van der Waals surface area contributed by atoms with E-state index in [0.717, 1.165) is 69.2 Å². The van der Waals surface area contributed by atoms with Gasteiger partial charge in [-0.15, -0.1) is 11.3 Å². The van der Waals surface area contributed by atoms with E-state index < -0.39 is 0 Å². The van der Waals surface area contributed by atoms with Crippen molar-refractivity contribution in [1.29, 1.82) is 0 Å². The van der Waals surface area contributed by atoms with Gasteiger partial charge in [0.15, 0.2) is 0 Å². The zero-order valence-electron chi connectivity index (χ0n) is 13.2. The molecule has 1 atom stereocenters. The molecule has 0 saturated carbocycles. The second-order valence-electron chi connectivity index (χ2n) is 6.33. The number of amides is 1. The lowest BCUT2D eigenvalue weighted by atomic mass is 9.96. The number of likely N-dealkylation sites (tertiary alicyclic amines) is 1. The standard InChI is InChI=1S/C16H25N3O2S/c1-12-17-15(11-22-12)10-19-6-2-3-13(9-19)16(20)18-14-4-7-21-8-5-14/h11,13-14H,2-10H2,1H3,(H,18,20). The van der Waals surface area contributed by atoms with Crippen molar-refractivity contribution in [2.75, 3.05) is 26.3 Å². The third kappa shape index (κ3) is 4.27. The van der Waals surface area contributed by atoms with Crippen molar-refractivity contribution in [2.24, 2.45) is 5.92 Å². The predicted molar refractivity (Wildman–Crippen MR) is 86.8 cm³/mol. The number of hydrogen-bond donors (Lipinski definition) is 1. The van der Waals surface area contributed by atoms with Crippen LogP contribution in [-0.4, -0.2) is 48.1 Å². The second kappa shape index (κ2) is 7.53. The van der Waals surface area contributed by atoms with Gasteiger partial charge in [-0.3, -0.25) is 9.69 Å². The van der Waals surface area contributed by atoms with Crippen LogP contribution < -0.4 is 5.32 Å². The highest BCUT2D eigenvalue weighted by Crippen LogP contribution is 2.20. The Kier molecular flexibility index (Phi) is 5.44. The quantitative estimate of drug-likeness (QED) is 0.920. The first-order valence-corrected chi connectivity index (χ1v) is 9.10. The molecule has 0 aliphatic carbocycles. The smallest absolute Gasteiger partial charge is 0.224 e. The molecule has 5 nitrogen and oxygen atoms in total. The predicted octanol–water partition coefficient (Wildman–Crippen LogP) is 1.96. The third-order valence-electron chi connectivity index (χ3n) is 4.50. The van der Waals surface area contributed by atoms with Gasteiger partial charge in [0.05, 0.1) is 16.6 Å². The first-order valence-electron chi connectivity index (χ1n) is 8.22. The van der Waals surface area contributed by atoms with Crippen LogP contribution in [0.15, 0.2) is 5.38 Å². The van der Waals surface area contributed by atoms with Gasteiger partial charge in [-0.1, -0.05) is 0 Å². The Balaban J connectivity index is 1.49. The van der Waals surface area contributed by atoms with Crippen LogP contribution >= 0.6 is 11.3 Å². The van der Waals surface area contributed by atoms with E-state index in [0.29, 0.717) is 6.04 Å². The average molecular weight is 323 g/mol. The van der Waals surface area contributed by atoms with E-state index in [1.165, 1.54) is 0 Å². The van der Waals surface area contributed by atoms with Gasteiger partial charge in [0, 0.05) is 37.7 Å². The van der Waals surface area contributed by atoms with Crippen molar-refractivity contribution >= 4 is 17.2 Å². The van der Waals surface area contributed by atoms with Crippen molar-refractivity contribution in [2.45, 2.75) is 45.2 Å². The molecule has 0 bridgehead atoms. The molecule has 1 aromatic heterocycles. The lowest BCUT2D eigenvalue weighted by Crippen LogP contribution is -2.47. The average Bonchev–Trinajstić information content (AvgIpc) is 2.93. The number of ether oxygens (including phenoxy) is 1. The van der Waals surface area contributed by atoms with Crippen molar-refractivity contribution in [3.05, 3.63) is 16.1 Å². The molecule has 1 amide bonds. The van der Waals surface area contributed by atoms with E-state index in [2.05, 4.69) is 20.6 Å². The number of carbonyl (C=O) groups is 1. The summed E-state index contributed by atoms with van der Waals surface area (Å²) >= 11 is 1.69. The minimum atomic E-state index is 0.122. The summed E-state index contributed by atoms with van der Waals surface area (Å²) in [6, 6.07) is 0.304. The number of thiazole rings is 1. The van der Waals surface area contributed by atoms with E-state index in [9.17, 15) is 4.79 Å². The van der Waals surface area contributed by atoms with Crippen molar-refractivity contribution in [3.63, 3.8) is 0 Å². The second-order valence-corrected chi connectivity index (χ2v) is 7.39. The molecular formula is C16H25N3O2S. The maximum atomic E-state index is 12.5. The number of nitrogens with zero attached hydrogens (tertiary/aromatic N) is 2. The van der Waals surface area contributed by atoms with Gasteiger partial charge < -0.3 is 10.1 Å². The summed E-state index contributed by atoms with van der Waals surface area (Å²) in [7, 11) is 0. The molecule has 122 valence electrons. The highest BCUT2D eigenvalue weighted by Gasteiger charge is 2.28. The minimum absolute atomic E-state index is 0.122. The van der Waals surface area contributed by atoms with E-state index in [4.69, 9.17) is 4.74 Å². The summed E-state index contributed by atoms with van der Waals surface area (Å²) in [6.45, 7) is 6.36. The third-order valence-corrected chi connectivity index (χ3v) is 5.32. The Morgan fingerprint density at radius 2 is 2.27 bits per heavy atom. The van der Waals surface area contributed by atoms with E-state index >= 15 is 0 Å². The van der Waals surface area contributed by atoms with Gasteiger partial charge in [0.1, 0.15) is 0 Å². The lowest BCUT2D eigenvalue weighted by molar-refractivity contribution is -0.128. The molecule has 3 heterocycles. The molecule has 0 radical (unpaired) electrons. The number of hydrogen-bond acceptors (Lipinski definition) is 5. The molecule has 0 spiro atoms. The van der Waals surface area contributed by atoms with Gasteiger partial charge in [0.25, 0.3) is 0 Å². The Morgan fingerprint density at radius 1 is 1.45 bits per heavy atom. The van der Waals surface area contributed by atoms with Crippen LogP contribution in [0.4, 0.5) is 0 Å².